The fourth-order valence-corrected chi connectivity index (χ4v) is 2.10. The van der Waals surface area contributed by atoms with Gasteiger partial charge < -0.3 is 19.9 Å². The number of rotatable bonds is 5. The van der Waals surface area contributed by atoms with Gasteiger partial charge in [0.2, 0.25) is 5.75 Å². The molecule has 1 aromatic heterocycles. The molecule has 112 valence electrons. The molecule has 0 saturated carbocycles. The van der Waals surface area contributed by atoms with Crippen molar-refractivity contribution in [1.29, 1.82) is 0 Å². The van der Waals surface area contributed by atoms with Gasteiger partial charge in [0, 0.05) is 11.8 Å². The molecule has 0 aliphatic rings. The molecule has 0 spiro atoms. The van der Waals surface area contributed by atoms with Crippen LogP contribution in [0, 0.1) is 5.82 Å². The van der Waals surface area contributed by atoms with Crippen molar-refractivity contribution in [1.82, 2.24) is 4.98 Å². The second kappa shape index (κ2) is 6.41. The summed E-state index contributed by atoms with van der Waals surface area (Å²) in [4.78, 5) is 3.72. The van der Waals surface area contributed by atoms with E-state index in [9.17, 15) is 4.39 Å². The monoisotopic (exact) mass is 292 g/mol. The number of aromatic nitrogens is 1. The number of nitrogens with two attached hydrogens (primary N) is 1. The van der Waals surface area contributed by atoms with E-state index in [4.69, 9.17) is 19.9 Å². The SMILES string of the molecule is COc1cc(C(N)c2ccncc2F)cc(OC)c1OC. The van der Waals surface area contributed by atoms with Crippen molar-refractivity contribution in [2.24, 2.45) is 5.73 Å². The number of methoxy groups -OCH3 is 3. The Kier molecular flexibility index (Phi) is 4.59. The van der Waals surface area contributed by atoms with Crippen molar-refractivity contribution in [2.45, 2.75) is 6.04 Å². The van der Waals surface area contributed by atoms with Gasteiger partial charge in [-0.15, -0.1) is 0 Å². The van der Waals surface area contributed by atoms with E-state index >= 15 is 0 Å². The minimum Gasteiger partial charge on any atom is -0.493 e. The Labute approximate surface area is 122 Å². The molecule has 0 radical (unpaired) electrons. The van der Waals surface area contributed by atoms with Gasteiger partial charge in [-0.2, -0.15) is 0 Å². The van der Waals surface area contributed by atoms with Gasteiger partial charge >= 0.3 is 0 Å². The molecule has 1 atom stereocenters. The van der Waals surface area contributed by atoms with Crippen LogP contribution in [0.5, 0.6) is 17.2 Å². The first-order valence-corrected chi connectivity index (χ1v) is 6.27. The minimum atomic E-state index is -0.665. The normalized spacial score (nSPS) is 11.9. The van der Waals surface area contributed by atoms with Gasteiger partial charge in [0.25, 0.3) is 0 Å². The van der Waals surface area contributed by atoms with Crippen LogP contribution < -0.4 is 19.9 Å². The standard InChI is InChI=1S/C15H17FN2O3/c1-19-12-6-9(7-13(20-2)15(12)21-3)14(17)10-4-5-18-8-11(10)16/h4-8,14H,17H2,1-3H3. The van der Waals surface area contributed by atoms with Crippen LogP contribution in [-0.2, 0) is 0 Å². The van der Waals surface area contributed by atoms with Crippen molar-refractivity contribution >= 4 is 0 Å². The lowest BCUT2D eigenvalue weighted by molar-refractivity contribution is 0.323. The highest BCUT2D eigenvalue weighted by Gasteiger charge is 2.19. The highest BCUT2D eigenvalue weighted by atomic mass is 19.1. The number of halogens is 1. The van der Waals surface area contributed by atoms with Crippen LogP contribution in [0.15, 0.2) is 30.6 Å². The van der Waals surface area contributed by atoms with Crippen LogP contribution >= 0.6 is 0 Å². The van der Waals surface area contributed by atoms with Crippen LogP contribution in [0.2, 0.25) is 0 Å². The predicted octanol–water partition coefficient (Wildman–Crippen LogP) is 2.29. The van der Waals surface area contributed by atoms with Crippen LogP contribution in [0.3, 0.4) is 0 Å². The number of hydrogen-bond donors (Lipinski definition) is 1. The summed E-state index contributed by atoms with van der Waals surface area (Å²) in [5.74, 6) is 0.943. The minimum absolute atomic E-state index is 0.347. The second-order valence-corrected chi connectivity index (χ2v) is 4.33. The van der Waals surface area contributed by atoms with E-state index in [2.05, 4.69) is 4.98 Å². The molecule has 2 aromatic rings. The summed E-state index contributed by atoms with van der Waals surface area (Å²) >= 11 is 0. The fraction of sp³-hybridized carbons (Fsp3) is 0.267. The predicted molar refractivity (Wildman–Crippen MR) is 76.3 cm³/mol. The summed E-state index contributed by atoms with van der Waals surface area (Å²) in [7, 11) is 4.54. The van der Waals surface area contributed by atoms with Gasteiger partial charge in [0.15, 0.2) is 11.5 Å². The first-order chi connectivity index (χ1) is 10.1. The molecule has 0 amide bonds. The molecule has 21 heavy (non-hydrogen) atoms. The third-order valence-electron chi connectivity index (χ3n) is 3.19. The first-order valence-electron chi connectivity index (χ1n) is 6.27. The molecular weight excluding hydrogens is 275 g/mol. The second-order valence-electron chi connectivity index (χ2n) is 4.33. The quantitative estimate of drug-likeness (QED) is 0.916. The van der Waals surface area contributed by atoms with Crippen molar-refractivity contribution < 1.29 is 18.6 Å². The van der Waals surface area contributed by atoms with E-state index in [0.717, 1.165) is 6.20 Å². The zero-order chi connectivity index (χ0) is 15.4. The number of nitrogens with zero attached hydrogens (tertiary/aromatic N) is 1. The third kappa shape index (κ3) is 2.90. The fourth-order valence-electron chi connectivity index (χ4n) is 2.10. The molecule has 1 unspecified atom stereocenters. The van der Waals surface area contributed by atoms with Crippen molar-refractivity contribution in [2.75, 3.05) is 21.3 Å². The zero-order valence-electron chi connectivity index (χ0n) is 12.1. The van der Waals surface area contributed by atoms with E-state index in [0.29, 0.717) is 28.4 Å². The van der Waals surface area contributed by atoms with E-state index in [1.807, 2.05) is 0 Å². The Morgan fingerprint density at radius 3 is 2.19 bits per heavy atom. The van der Waals surface area contributed by atoms with Crippen LogP contribution in [0.1, 0.15) is 17.2 Å². The summed E-state index contributed by atoms with van der Waals surface area (Å²) in [6.07, 6.45) is 2.63. The van der Waals surface area contributed by atoms with Crippen LogP contribution in [0.25, 0.3) is 0 Å². The van der Waals surface area contributed by atoms with Crippen LogP contribution in [0.4, 0.5) is 4.39 Å². The summed E-state index contributed by atoms with van der Waals surface area (Å²) in [5, 5.41) is 0. The molecule has 5 nitrogen and oxygen atoms in total. The highest BCUT2D eigenvalue weighted by molar-refractivity contribution is 5.55. The molecule has 1 heterocycles. The van der Waals surface area contributed by atoms with E-state index in [1.54, 1.807) is 18.2 Å². The molecular formula is C15H17FN2O3. The topological polar surface area (TPSA) is 66.6 Å². The molecule has 2 N–H and O–H groups in total. The Morgan fingerprint density at radius 1 is 1.10 bits per heavy atom. The van der Waals surface area contributed by atoms with E-state index < -0.39 is 11.9 Å². The third-order valence-corrected chi connectivity index (χ3v) is 3.19. The largest absolute Gasteiger partial charge is 0.493 e. The summed E-state index contributed by atoms with van der Waals surface area (Å²) in [5.41, 5.74) is 7.13. The van der Waals surface area contributed by atoms with Gasteiger partial charge in [-0.3, -0.25) is 4.98 Å². The maximum atomic E-state index is 13.8. The Morgan fingerprint density at radius 2 is 1.71 bits per heavy atom. The van der Waals surface area contributed by atoms with Gasteiger partial charge in [0.05, 0.1) is 33.6 Å². The highest BCUT2D eigenvalue weighted by Crippen LogP contribution is 2.40. The first kappa shape index (κ1) is 15.1. The van der Waals surface area contributed by atoms with Gasteiger partial charge in [0.1, 0.15) is 5.82 Å². The van der Waals surface area contributed by atoms with Crippen LogP contribution in [-0.4, -0.2) is 26.3 Å². The molecule has 2 rings (SSSR count). The Hall–Kier alpha value is -2.34. The zero-order valence-corrected chi connectivity index (χ0v) is 12.1. The lowest BCUT2D eigenvalue weighted by Crippen LogP contribution is -2.14. The number of ether oxygens (including phenoxy) is 3. The van der Waals surface area contributed by atoms with E-state index in [1.165, 1.54) is 27.5 Å². The average Bonchev–Trinajstić information content (AvgIpc) is 2.53. The molecule has 0 saturated heterocycles. The summed E-state index contributed by atoms with van der Waals surface area (Å²) in [6.45, 7) is 0. The van der Waals surface area contributed by atoms with Gasteiger partial charge in [-0.25, -0.2) is 4.39 Å². The Balaban J connectivity index is 2.51. The van der Waals surface area contributed by atoms with Crippen molar-refractivity contribution in [3.63, 3.8) is 0 Å². The Bertz CT molecular complexity index is 609. The molecule has 0 bridgehead atoms. The number of benzene rings is 1. The molecule has 6 heteroatoms. The van der Waals surface area contributed by atoms with Gasteiger partial charge in [-0.05, 0) is 23.8 Å². The van der Waals surface area contributed by atoms with Crippen molar-refractivity contribution in [3.05, 3.63) is 47.5 Å². The molecule has 0 aliphatic carbocycles. The molecule has 0 fully saturated rings. The molecule has 1 aromatic carbocycles. The maximum Gasteiger partial charge on any atom is 0.203 e. The van der Waals surface area contributed by atoms with E-state index in [-0.39, 0.29) is 0 Å². The average molecular weight is 292 g/mol. The van der Waals surface area contributed by atoms with Crippen molar-refractivity contribution in [3.8, 4) is 17.2 Å². The number of hydrogen-bond acceptors (Lipinski definition) is 5. The smallest absolute Gasteiger partial charge is 0.203 e. The summed E-state index contributed by atoms with van der Waals surface area (Å²) in [6, 6.07) is 4.28. The summed E-state index contributed by atoms with van der Waals surface area (Å²) < 4.78 is 29.6. The van der Waals surface area contributed by atoms with Gasteiger partial charge in [-0.1, -0.05) is 0 Å². The lowest BCUT2D eigenvalue weighted by Gasteiger charge is -2.18. The number of pyridine rings is 1. The lowest BCUT2D eigenvalue weighted by atomic mass is 9.99. The maximum absolute atomic E-state index is 13.8. The molecule has 0 aliphatic heterocycles.